The number of nitrogens with one attached hydrogen (secondary N) is 2. The highest BCUT2D eigenvalue weighted by molar-refractivity contribution is 5.98. The summed E-state index contributed by atoms with van der Waals surface area (Å²) in [6, 6.07) is 5.58. The third-order valence-electron chi connectivity index (χ3n) is 3.72. The lowest BCUT2D eigenvalue weighted by Gasteiger charge is -2.07. The average Bonchev–Trinajstić information content (AvgIpc) is 2.97. The van der Waals surface area contributed by atoms with E-state index >= 15 is 0 Å². The molecule has 136 valence electrons. The maximum atomic E-state index is 12.2. The molecule has 25 heavy (non-hydrogen) atoms. The molecule has 1 aromatic carbocycles. The molecular weight excluding hydrogens is 324 g/mol. The zero-order valence-corrected chi connectivity index (χ0v) is 14.8. The Morgan fingerprint density at radius 2 is 1.92 bits per heavy atom. The highest BCUT2D eigenvalue weighted by Gasteiger charge is 2.19. The largest absolute Gasteiger partial charge is 0.497 e. The van der Waals surface area contributed by atoms with E-state index in [1.165, 1.54) is 0 Å². The molecule has 7 nitrogen and oxygen atoms in total. The van der Waals surface area contributed by atoms with E-state index in [0.717, 1.165) is 16.5 Å². The van der Waals surface area contributed by atoms with Crippen molar-refractivity contribution in [2.45, 2.75) is 20.3 Å². The van der Waals surface area contributed by atoms with Crippen LogP contribution in [-0.4, -0.2) is 50.3 Å². The van der Waals surface area contributed by atoms with Crippen LogP contribution in [0, 0.1) is 0 Å². The first-order valence-corrected chi connectivity index (χ1v) is 8.32. The highest BCUT2D eigenvalue weighted by atomic mass is 16.5. The smallest absolute Gasteiger partial charge is 0.355 e. The van der Waals surface area contributed by atoms with E-state index in [-0.39, 0.29) is 12.5 Å². The van der Waals surface area contributed by atoms with Crippen LogP contribution in [-0.2, 0) is 20.7 Å². The molecule has 2 aromatic rings. The fraction of sp³-hybridized carbons (Fsp3) is 0.444. The van der Waals surface area contributed by atoms with Crippen molar-refractivity contribution in [2.75, 3.05) is 33.4 Å². The van der Waals surface area contributed by atoms with Crippen LogP contribution >= 0.6 is 0 Å². The van der Waals surface area contributed by atoms with Crippen molar-refractivity contribution in [3.8, 4) is 5.75 Å². The number of benzene rings is 1. The lowest BCUT2D eigenvalue weighted by Crippen LogP contribution is -2.26. The Morgan fingerprint density at radius 3 is 2.60 bits per heavy atom. The summed E-state index contributed by atoms with van der Waals surface area (Å²) in [4.78, 5) is 26.7. The molecule has 7 heteroatoms. The highest BCUT2D eigenvalue weighted by Crippen LogP contribution is 2.27. The zero-order chi connectivity index (χ0) is 18.2. The Bertz CT molecular complexity index is 738. The second kappa shape index (κ2) is 9.08. The van der Waals surface area contributed by atoms with E-state index in [1.807, 2.05) is 18.2 Å². The number of methoxy groups -OCH3 is 1. The van der Waals surface area contributed by atoms with E-state index < -0.39 is 5.97 Å². The van der Waals surface area contributed by atoms with Crippen LogP contribution in [0.5, 0.6) is 5.75 Å². The molecule has 0 unspecified atom stereocenters. The number of carbonyl (C=O) groups is 2. The minimum Gasteiger partial charge on any atom is -0.497 e. The maximum absolute atomic E-state index is 12.2. The van der Waals surface area contributed by atoms with Crippen molar-refractivity contribution in [2.24, 2.45) is 0 Å². The molecule has 2 N–H and O–H groups in total. The van der Waals surface area contributed by atoms with Gasteiger partial charge in [-0.05, 0) is 50.6 Å². The molecule has 0 saturated carbocycles. The van der Waals surface area contributed by atoms with E-state index in [0.29, 0.717) is 37.6 Å². The Kier molecular flexibility index (Phi) is 6.82. The number of aromatic amines is 1. The average molecular weight is 348 g/mol. The number of esters is 2. The first kappa shape index (κ1) is 18.8. The van der Waals surface area contributed by atoms with Gasteiger partial charge in [-0.1, -0.05) is 0 Å². The van der Waals surface area contributed by atoms with Crippen LogP contribution in [0.4, 0.5) is 0 Å². The summed E-state index contributed by atoms with van der Waals surface area (Å²) in [5.41, 5.74) is 2.11. The predicted molar refractivity (Wildman–Crippen MR) is 94.0 cm³/mol. The molecule has 0 aliphatic carbocycles. The molecule has 2 rings (SSSR count). The van der Waals surface area contributed by atoms with E-state index in [9.17, 15) is 9.59 Å². The number of fused-ring (bicyclic) bond motifs is 1. The second-order valence-corrected chi connectivity index (χ2v) is 5.34. The third-order valence-corrected chi connectivity index (χ3v) is 3.72. The third kappa shape index (κ3) is 4.73. The molecular formula is C18H24N2O5. The number of hydrogen-bond acceptors (Lipinski definition) is 6. The van der Waals surface area contributed by atoms with E-state index in [2.05, 4.69) is 10.3 Å². The fourth-order valence-corrected chi connectivity index (χ4v) is 2.61. The number of aromatic nitrogens is 1. The molecule has 0 fully saturated rings. The van der Waals surface area contributed by atoms with Crippen LogP contribution < -0.4 is 10.1 Å². The summed E-state index contributed by atoms with van der Waals surface area (Å²) in [6.07, 6.45) is 0.556. The van der Waals surface area contributed by atoms with Gasteiger partial charge in [0.25, 0.3) is 0 Å². The Labute approximate surface area is 146 Å². The monoisotopic (exact) mass is 348 g/mol. The molecule has 0 saturated heterocycles. The van der Waals surface area contributed by atoms with Gasteiger partial charge in [0, 0.05) is 10.9 Å². The van der Waals surface area contributed by atoms with Crippen molar-refractivity contribution in [3.63, 3.8) is 0 Å². The van der Waals surface area contributed by atoms with Gasteiger partial charge < -0.3 is 24.5 Å². The van der Waals surface area contributed by atoms with Crippen LogP contribution in [0.1, 0.15) is 29.9 Å². The first-order valence-electron chi connectivity index (χ1n) is 8.32. The fourth-order valence-electron chi connectivity index (χ4n) is 2.61. The van der Waals surface area contributed by atoms with Gasteiger partial charge in [-0.15, -0.1) is 0 Å². The molecule has 1 aromatic heterocycles. The standard InChI is InChI=1S/C18H24N2O5/c1-4-24-16(21)11-19-9-8-13-14-10-12(23-3)6-7-15(14)20-17(13)18(22)25-5-2/h6-7,10,19-20H,4-5,8-9,11H2,1-3H3. The van der Waals surface area contributed by atoms with Gasteiger partial charge in [-0.3, -0.25) is 4.79 Å². The number of ether oxygens (including phenoxy) is 3. The van der Waals surface area contributed by atoms with Crippen molar-refractivity contribution in [1.82, 2.24) is 10.3 Å². The van der Waals surface area contributed by atoms with Crippen LogP contribution in [0.2, 0.25) is 0 Å². The number of carbonyl (C=O) groups excluding carboxylic acids is 2. The molecule has 0 atom stereocenters. The summed E-state index contributed by atoms with van der Waals surface area (Å²) in [6.45, 7) is 4.85. The van der Waals surface area contributed by atoms with Gasteiger partial charge in [-0.2, -0.15) is 0 Å². The summed E-state index contributed by atoms with van der Waals surface area (Å²) >= 11 is 0. The number of hydrogen-bond donors (Lipinski definition) is 2. The summed E-state index contributed by atoms with van der Waals surface area (Å²) in [7, 11) is 1.60. The molecule has 0 aliphatic heterocycles. The van der Waals surface area contributed by atoms with Gasteiger partial charge in [-0.25, -0.2) is 4.79 Å². The zero-order valence-electron chi connectivity index (χ0n) is 14.8. The van der Waals surface area contributed by atoms with E-state index in [1.54, 1.807) is 21.0 Å². The number of rotatable bonds is 9. The summed E-state index contributed by atoms with van der Waals surface area (Å²) in [5, 5.41) is 3.93. The minimum absolute atomic E-state index is 0.133. The van der Waals surface area contributed by atoms with Crippen LogP contribution in [0.15, 0.2) is 18.2 Å². The second-order valence-electron chi connectivity index (χ2n) is 5.34. The predicted octanol–water partition coefficient (Wildman–Crippen LogP) is 2.05. The van der Waals surface area contributed by atoms with Crippen molar-refractivity contribution in [1.29, 1.82) is 0 Å². The minimum atomic E-state index is -0.391. The normalized spacial score (nSPS) is 10.7. The molecule has 0 bridgehead atoms. The van der Waals surface area contributed by atoms with Gasteiger partial charge in [0.1, 0.15) is 11.4 Å². The lowest BCUT2D eigenvalue weighted by molar-refractivity contribution is -0.141. The SMILES string of the molecule is CCOC(=O)CNCCc1c(C(=O)OCC)[nH]c2ccc(OC)cc12. The van der Waals surface area contributed by atoms with Gasteiger partial charge in [0.15, 0.2) is 0 Å². The van der Waals surface area contributed by atoms with Crippen molar-refractivity contribution >= 4 is 22.8 Å². The molecule has 0 aliphatic rings. The van der Waals surface area contributed by atoms with Crippen molar-refractivity contribution < 1.29 is 23.8 Å². The van der Waals surface area contributed by atoms with E-state index in [4.69, 9.17) is 14.2 Å². The van der Waals surface area contributed by atoms with Gasteiger partial charge in [0.05, 0.1) is 26.9 Å². The Hall–Kier alpha value is -2.54. The Balaban J connectivity index is 2.20. The topological polar surface area (TPSA) is 89.6 Å². The molecule has 1 heterocycles. The van der Waals surface area contributed by atoms with Crippen LogP contribution in [0.3, 0.4) is 0 Å². The summed E-state index contributed by atoms with van der Waals surface area (Å²) in [5.74, 6) is 0.0226. The molecule has 0 radical (unpaired) electrons. The lowest BCUT2D eigenvalue weighted by atomic mass is 10.1. The van der Waals surface area contributed by atoms with Crippen molar-refractivity contribution in [3.05, 3.63) is 29.5 Å². The van der Waals surface area contributed by atoms with Gasteiger partial charge >= 0.3 is 11.9 Å². The number of H-pyrrole nitrogens is 1. The molecule has 0 spiro atoms. The first-order chi connectivity index (χ1) is 12.1. The van der Waals surface area contributed by atoms with Gasteiger partial charge in [0.2, 0.25) is 0 Å². The van der Waals surface area contributed by atoms with Crippen LogP contribution in [0.25, 0.3) is 10.9 Å². The maximum Gasteiger partial charge on any atom is 0.355 e. The Morgan fingerprint density at radius 1 is 1.16 bits per heavy atom. The molecule has 0 amide bonds. The summed E-state index contributed by atoms with van der Waals surface area (Å²) < 4.78 is 15.3. The quantitative estimate of drug-likeness (QED) is 0.532.